The summed E-state index contributed by atoms with van der Waals surface area (Å²) in [6.07, 6.45) is 17.9. The molecule has 0 unspecified atom stereocenters. The average Bonchev–Trinajstić information content (AvgIpc) is 3.10. The second-order valence-corrected chi connectivity index (χ2v) is 9.47. The first-order chi connectivity index (χ1) is 15.9. The Morgan fingerprint density at radius 3 is 2.67 bits per heavy atom. The highest BCUT2D eigenvalue weighted by Gasteiger charge is 2.21. The fraction of sp³-hybridized carbons (Fsp3) is 0.464. The van der Waals surface area contributed by atoms with Crippen molar-refractivity contribution in [2.45, 2.75) is 66.2 Å². The van der Waals surface area contributed by atoms with Crippen LogP contribution in [0.2, 0.25) is 0 Å². The minimum Gasteiger partial charge on any atom is -0.396 e. The minimum atomic E-state index is -0.137. The van der Waals surface area contributed by atoms with Crippen LogP contribution in [0, 0.1) is 12.3 Å². The number of fused-ring (bicyclic) bond motifs is 1. The van der Waals surface area contributed by atoms with E-state index in [1.807, 2.05) is 0 Å². The van der Waals surface area contributed by atoms with E-state index in [0.717, 1.165) is 37.7 Å². The molecule has 0 atom stereocenters. The molecule has 2 aromatic rings. The van der Waals surface area contributed by atoms with Gasteiger partial charge in [-0.05, 0) is 68.2 Å². The molecule has 0 radical (unpaired) electrons. The number of hydrogen-bond acceptors (Lipinski definition) is 3. The van der Waals surface area contributed by atoms with Gasteiger partial charge in [-0.3, -0.25) is 10.2 Å². The van der Waals surface area contributed by atoms with Crippen molar-refractivity contribution in [3.05, 3.63) is 64.9 Å². The molecule has 4 N–H and O–H groups in total. The van der Waals surface area contributed by atoms with E-state index in [2.05, 4.69) is 92.1 Å². The van der Waals surface area contributed by atoms with Gasteiger partial charge in [-0.1, -0.05) is 68.7 Å². The predicted octanol–water partition coefficient (Wildman–Crippen LogP) is 5.75. The Morgan fingerprint density at radius 2 is 1.94 bits per heavy atom. The number of aromatic nitrogens is 1. The first-order valence-electron chi connectivity index (χ1n) is 12.0. The van der Waals surface area contributed by atoms with Crippen molar-refractivity contribution in [2.75, 3.05) is 13.2 Å². The summed E-state index contributed by atoms with van der Waals surface area (Å²) in [5, 5.41) is 10.9. The largest absolute Gasteiger partial charge is 0.396 e. The average molecular weight is 452 g/mol. The van der Waals surface area contributed by atoms with Gasteiger partial charge in [0, 0.05) is 29.7 Å². The lowest BCUT2D eigenvalue weighted by atomic mass is 9.85. The summed E-state index contributed by atoms with van der Waals surface area (Å²) in [7, 11) is 0. The Hall–Kier alpha value is -2.63. The monoisotopic (exact) mass is 451 g/mol. The Bertz CT molecular complexity index is 967. The molecule has 0 saturated carbocycles. The Balaban J connectivity index is 1.90. The zero-order valence-corrected chi connectivity index (χ0v) is 20.7. The van der Waals surface area contributed by atoms with Gasteiger partial charge in [0.15, 0.2) is 0 Å². The molecule has 0 bridgehead atoms. The number of amides is 1. The molecule has 1 aromatic carbocycles. The van der Waals surface area contributed by atoms with Crippen LogP contribution in [0.15, 0.2) is 48.1 Å². The minimum absolute atomic E-state index is 0.137. The van der Waals surface area contributed by atoms with Gasteiger partial charge in [-0.15, -0.1) is 0 Å². The molecule has 0 aliphatic rings. The number of carbonyl (C=O) groups is 1. The van der Waals surface area contributed by atoms with Crippen LogP contribution < -0.4 is 10.9 Å². The summed E-state index contributed by atoms with van der Waals surface area (Å²) < 4.78 is 0. The van der Waals surface area contributed by atoms with Crippen molar-refractivity contribution < 1.29 is 9.90 Å². The lowest BCUT2D eigenvalue weighted by Crippen LogP contribution is -2.30. The highest BCUT2D eigenvalue weighted by Crippen LogP contribution is 2.30. The van der Waals surface area contributed by atoms with Crippen LogP contribution >= 0.6 is 0 Å². The third kappa shape index (κ3) is 9.03. The van der Waals surface area contributed by atoms with E-state index in [-0.39, 0.29) is 12.0 Å². The Kier molecular flexibility index (Phi) is 11.1. The second-order valence-electron chi connectivity index (χ2n) is 9.47. The molecule has 5 nitrogen and oxygen atoms in total. The second kappa shape index (κ2) is 13.8. The Morgan fingerprint density at radius 1 is 1.15 bits per heavy atom. The number of unbranched alkanes of at least 4 members (excludes halogenated alkanes) is 3. The van der Waals surface area contributed by atoms with Crippen LogP contribution in [0.3, 0.4) is 0 Å². The molecular weight excluding hydrogens is 410 g/mol. The number of aromatic amines is 1. The molecule has 1 aromatic heterocycles. The number of nitrogens with one attached hydrogen (secondary N) is 3. The fourth-order valence-corrected chi connectivity index (χ4v) is 3.95. The number of carbonyl (C=O) groups excluding carboxylic acids is 1. The van der Waals surface area contributed by atoms with E-state index in [9.17, 15) is 9.90 Å². The van der Waals surface area contributed by atoms with Gasteiger partial charge < -0.3 is 10.1 Å². The van der Waals surface area contributed by atoms with Gasteiger partial charge in [0.1, 0.15) is 0 Å². The topological polar surface area (TPSA) is 77.2 Å². The maximum atomic E-state index is 10.2. The van der Waals surface area contributed by atoms with E-state index in [0.29, 0.717) is 6.41 Å². The number of hydrazine groups is 1. The number of H-pyrrole nitrogens is 1. The molecule has 5 heteroatoms. The first kappa shape index (κ1) is 26.6. The quantitative estimate of drug-likeness (QED) is 0.120. The normalized spacial score (nSPS) is 12.9. The molecule has 180 valence electrons. The number of allylic oxidation sites excluding steroid dienone is 5. The number of aliphatic hydroxyl groups excluding tert-OH is 1. The van der Waals surface area contributed by atoms with Crippen molar-refractivity contribution in [2.24, 2.45) is 5.41 Å². The standard InChI is InChI=1S/C28H41N3O2/c1-5-23(12-8-6-7-11-17-29-30-21-33)13-9-10-14-24-15-16-27-25(18-24)26(22(2)31-27)19-28(3,4)20-32/h5,9-10,13-16,18,21,29,31-32H,6-8,11-12,17,19-20H2,1-4H3,(H,30,33)/b13-9-,14-10+,23-5-. The summed E-state index contributed by atoms with van der Waals surface area (Å²) in [5.74, 6) is 0. The van der Waals surface area contributed by atoms with Crippen molar-refractivity contribution >= 4 is 23.4 Å². The summed E-state index contributed by atoms with van der Waals surface area (Å²) in [6.45, 7) is 9.39. The number of rotatable bonds is 15. The maximum Gasteiger partial charge on any atom is 0.221 e. The molecule has 0 aliphatic carbocycles. The molecule has 1 heterocycles. The van der Waals surface area contributed by atoms with Crippen LogP contribution in [-0.4, -0.2) is 29.7 Å². The van der Waals surface area contributed by atoms with E-state index in [1.165, 1.54) is 40.6 Å². The summed E-state index contributed by atoms with van der Waals surface area (Å²) in [6, 6.07) is 6.52. The molecule has 0 spiro atoms. The predicted molar refractivity (Wildman–Crippen MR) is 140 cm³/mol. The number of benzene rings is 1. The van der Waals surface area contributed by atoms with E-state index >= 15 is 0 Å². The number of hydrogen-bond donors (Lipinski definition) is 4. The Labute approximate surface area is 199 Å². The zero-order chi connectivity index (χ0) is 24.1. The third-order valence-electron chi connectivity index (χ3n) is 5.99. The van der Waals surface area contributed by atoms with Crippen molar-refractivity contribution in [1.82, 2.24) is 15.8 Å². The van der Waals surface area contributed by atoms with E-state index in [1.54, 1.807) is 0 Å². The SMILES string of the molecule is C\C=C(/C=C\C=C\c1ccc2[nH]c(C)c(CC(C)(C)CO)c2c1)CCCCCCNNC=O. The number of aliphatic hydroxyl groups is 1. The highest BCUT2D eigenvalue weighted by atomic mass is 16.3. The zero-order valence-electron chi connectivity index (χ0n) is 20.7. The van der Waals surface area contributed by atoms with Crippen LogP contribution in [-0.2, 0) is 11.2 Å². The summed E-state index contributed by atoms with van der Waals surface area (Å²) in [4.78, 5) is 13.6. The van der Waals surface area contributed by atoms with Crippen LogP contribution in [0.4, 0.5) is 0 Å². The van der Waals surface area contributed by atoms with Crippen LogP contribution in [0.5, 0.6) is 0 Å². The van der Waals surface area contributed by atoms with Gasteiger partial charge in [0.2, 0.25) is 6.41 Å². The molecular formula is C28H41N3O2. The molecule has 1 amide bonds. The molecule has 0 saturated heterocycles. The first-order valence-corrected chi connectivity index (χ1v) is 12.0. The molecule has 0 fully saturated rings. The summed E-state index contributed by atoms with van der Waals surface area (Å²) in [5.41, 5.74) is 11.3. The van der Waals surface area contributed by atoms with Gasteiger partial charge in [-0.2, -0.15) is 0 Å². The van der Waals surface area contributed by atoms with Crippen LogP contribution in [0.25, 0.3) is 17.0 Å². The van der Waals surface area contributed by atoms with Crippen LogP contribution in [0.1, 0.15) is 69.7 Å². The number of aryl methyl sites for hydroxylation is 1. The third-order valence-corrected chi connectivity index (χ3v) is 5.99. The summed E-state index contributed by atoms with van der Waals surface area (Å²) >= 11 is 0. The smallest absolute Gasteiger partial charge is 0.221 e. The van der Waals surface area contributed by atoms with E-state index in [4.69, 9.17) is 0 Å². The van der Waals surface area contributed by atoms with Crippen molar-refractivity contribution in [3.8, 4) is 0 Å². The highest BCUT2D eigenvalue weighted by molar-refractivity contribution is 5.87. The fourth-order valence-electron chi connectivity index (χ4n) is 3.95. The lowest BCUT2D eigenvalue weighted by Gasteiger charge is -2.21. The van der Waals surface area contributed by atoms with E-state index < -0.39 is 0 Å². The molecule has 0 aliphatic heterocycles. The van der Waals surface area contributed by atoms with Gasteiger partial charge >= 0.3 is 0 Å². The van der Waals surface area contributed by atoms with Gasteiger partial charge in [0.25, 0.3) is 0 Å². The maximum absolute atomic E-state index is 10.2. The van der Waals surface area contributed by atoms with Gasteiger partial charge in [0.05, 0.1) is 0 Å². The van der Waals surface area contributed by atoms with Gasteiger partial charge in [-0.25, -0.2) is 5.43 Å². The molecule has 2 rings (SSSR count). The lowest BCUT2D eigenvalue weighted by molar-refractivity contribution is -0.110. The van der Waals surface area contributed by atoms with Crippen molar-refractivity contribution in [3.63, 3.8) is 0 Å². The van der Waals surface area contributed by atoms with Crippen molar-refractivity contribution in [1.29, 1.82) is 0 Å². The molecule has 33 heavy (non-hydrogen) atoms.